The van der Waals surface area contributed by atoms with Gasteiger partial charge in [0.2, 0.25) is 0 Å². The third-order valence-corrected chi connectivity index (χ3v) is 1.48. The maximum atomic E-state index is 5.35. The minimum Gasteiger partial charge on any atom is -0.490 e. The highest BCUT2D eigenvalue weighted by Gasteiger charge is 2.01. The molecule has 0 aromatic heterocycles. The Morgan fingerprint density at radius 2 is 1.69 bits per heavy atom. The molecule has 0 spiro atoms. The van der Waals surface area contributed by atoms with Gasteiger partial charge in [0.15, 0.2) is 18.3 Å². The molecule has 72 valence electrons. The van der Waals surface area contributed by atoms with Gasteiger partial charge in [0.05, 0.1) is 6.61 Å². The summed E-state index contributed by atoms with van der Waals surface area (Å²) in [6.45, 7) is 2.81. The van der Waals surface area contributed by atoms with Crippen LogP contribution in [-0.2, 0) is 4.74 Å². The van der Waals surface area contributed by atoms with Crippen LogP contribution in [0.3, 0.4) is 0 Å². The lowest BCUT2D eigenvalue weighted by Gasteiger charge is -2.10. The average Bonchev–Trinajstić information content (AvgIpc) is 2.17. The summed E-state index contributed by atoms with van der Waals surface area (Å²) < 4.78 is 15.4. The molecule has 1 aromatic rings. The summed E-state index contributed by atoms with van der Waals surface area (Å²) in [5.41, 5.74) is 0. The predicted molar refractivity (Wildman–Crippen MR) is 50.1 cm³/mol. The monoisotopic (exact) mass is 182 g/mol. The lowest BCUT2D eigenvalue weighted by molar-refractivity contribution is 0.0487. The number of hydrogen-bond acceptors (Lipinski definition) is 3. The van der Waals surface area contributed by atoms with Gasteiger partial charge < -0.3 is 14.2 Å². The number of hydrogen-bond donors (Lipinski definition) is 0. The van der Waals surface area contributed by atoms with E-state index in [1.165, 1.54) is 0 Å². The molecule has 0 heterocycles. The molecule has 0 N–H and O–H groups in total. The fraction of sp³-hybridized carbons (Fsp3) is 0.400. The van der Waals surface area contributed by atoms with Crippen LogP contribution in [0.25, 0.3) is 0 Å². The summed E-state index contributed by atoms with van der Waals surface area (Å²) in [6.07, 6.45) is 0. The summed E-state index contributed by atoms with van der Waals surface area (Å²) in [4.78, 5) is 0. The quantitative estimate of drug-likeness (QED) is 0.652. The van der Waals surface area contributed by atoms with E-state index >= 15 is 0 Å². The molecule has 0 aliphatic carbocycles. The zero-order valence-corrected chi connectivity index (χ0v) is 7.95. The molecule has 1 aromatic carbocycles. The molecule has 0 radical (unpaired) electrons. The smallest absolute Gasteiger partial charge is 0.188 e. The Balaban J connectivity index is 2.66. The Kier molecular flexibility index (Phi) is 4.12. The van der Waals surface area contributed by atoms with Crippen LogP contribution in [0.5, 0.6) is 11.5 Å². The van der Waals surface area contributed by atoms with E-state index in [0.29, 0.717) is 12.4 Å². The van der Waals surface area contributed by atoms with Gasteiger partial charge in [-0.2, -0.15) is 0 Å². The van der Waals surface area contributed by atoms with Gasteiger partial charge >= 0.3 is 0 Å². The van der Waals surface area contributed by atoms with Crippen molar-refractivity contribution in [2.75, 3.05) is 20.5 Å². The van der Waals surface area contributed by atoms with Crippen LogP contribution in [-0.4, -0.2) is 20.5 Å². The van der Waals surface area contributed by atoms with Crippen molar-refractivity contribution < 1.29 is 14.2 Å². The number of methoxy groups -OCH3 is 1. The first kappa shape index (κ1) is 9.86. The van der Waals surface area contributed by atoms with Crippen LogP contribution in [0, 0.1) is 0 Å². The summed E-state index contributed by atoms with van der Waals surface area (Å²) in [7, 11) is 1.59. The second-order valence-electron chi connectivity index (χ2n) is 2.43. The number of benzene rings is 1. The SMILES string of the molecule is CCOc1ccccc1OCOC. The number of rotatable bonds is 5. The van der Waals surface area contributed by atoms with Crippen molar-refractivity contribution in [3.8, 4) is 11.5 Å². The van der Waals surface area contributed by atoms with E-state index in [-0.39, 0.29) is 6.79 Å². The molecule has 0 atom stereocenters. The van der Waals surface area contributed by atoms with E-state index in [1.54, 1.807) is 7.11 Å². The predicted octanol–water partition coefficient (Wildman–Crippen LogP) is 2.07. The van der Waals surface area contributed by atoms with Gasteiger partial charge in [-0.25, -0.2) is 0 Å². The molecule has 0 aliphatic heterocycles. The van der Waals surface area contributed by atoms with Crippen molar-refractivity contribution in [1.82, 2.24) is 0 Å². The lowest BCUT2D eigenvalue weighted by atomic mass is 10.3. The van der Waals surface area contributed by atoms with Crippen LogP contribution >= 0.6 is 0 Å². The molecule has 0 saturated heterocycles. The van der Waals surface area contributed by atoms with E-state index in [9.17, 15) is 0 Å². The summed E-state index contributed by atoms with van der Waals surface area (Å²) in [6, 6.07) is 7.52. The highest BCUT2D eigenvalue weighted by Crippen LogP contribution is 2.25. The standard InChI is InChI=1S/C10H14O3/c1-3-12-9-6-4-5-7-10(9)13-8-11-2/h4-7H,3,8H2,1-2H3. The average molecular weight is 182 g/mol. The Bertz CT molecular complexity index is 248. The zero-order valence-electron chi connectivity index (χ0n) is 7.95. The molecule has 3 nitrogen and oxygen atoms in total. The first-order chi connectivity index (χ1) is 6.38. The minimum atomic E-state index is 0.240. The van der Waals surface area contributed by atoms with Gasteiger partial charge in [-0.05, 0) is 19.1 Å². The van der Waals surface area contributed by atoms with Crippen LogP contribution < -0.4 is 9.47 Å². The number of ether oxygens (including phenoxy) is 3. The van der Waals surface area contributed by atoms with Gasteiger partial charge in [-0.1, -0.05) is 12.1 Å². The van der Waals surface area contributed by atoms with Gasteiger partial charge in [-0.3, -0.25) is 0 Å². The van der Waals surface area contributed by atoms with Crippen molar-refractivity contribution in [3.05, 3.63) is 24.3 Å². The van der Waals surface area contributed by atoms with Crippen LogP contribution in [0.4, 0.5) is 0 Å². The van der Waals surface area contributed by atoms with Crippen molar-refractivity contribution in [2.24, 2.45) is 0 Å². The third kappa shape index (κ3) is 2.95. The normalized spacial score (nSPS) is 9.69. The zero-order chi connectivity index (χ0) is 9.52. The maximum Gasteiger partial charge on any atom is 0.188 e. The molecule has 13 heavy (non-hydrogen) atoms. The molecular weight excluding hydrogens is 168 g/mol. The largest absolute Gasteiger partial charge is 0.490 e. The van der Waals surface area contributed by atoms with Crippen LogP contribution in [0.2, 0.25) is 0 Å². The van der Waals surface area contributed by atoms with Gasteiger partial charge in [0.25, 0.3) is 0 Å². The van der Waals surface area contributed by atoms with E-state index in [2.05, 4.69) is 0 Å². The van der Waals surface area contributed by atoms with Gasteiger partial charge in [0, 0.05) is 7.11 Å². The molecule has 1 rings (SSSR count). The van der Waals surface area contributed by atoms with E-state index in [1.807, 2.05) is 31.2 Å². The molecular formula is C10H14O3. The molecule has 0 aliphatic rings. The van der Waals surface area contributed by atoms with E-state index in [0.717, 1.165) is 5.75 Å². The second-order valence-corrected chi connectivity index (χ2v) is 2.43. The highest BCUT2D eigenvalue weighted by atomic mass is 16.7. The summed E-state index contributed by atoms with van der Waals surface area (Å²) in [5.74, 6) is 1.47. The second kappa shape index (κ2) is 5.43. The molecule has 0 bridgehead atoms. The van der Waals surface area contributed by atoms with Gasteiger partial charge in [0.1, 0.15) is 0 Å². The van der Waals surface area contributed by atoms with Crippen LogP contribution in [0.1, 0.15) is 6.92 Å². The Morgan fingerprint density at radius 3 is 2.23 bits per heavy atom. The fourth-order valence-corrected chi connectivity index (χ4v) is 0.967. The molecule has 0 saturated carbocycles. The van der Waals surface area contributed by atoms with Crippen molar-refractivity contribution >= 4 is 0 Å². The van der Waals surface area contributed by atoms with Crippen molar-refractivity contribution in [2.45, 2.75) is 6.92 Å². The minimum absolute atomic E-state index is 0.240. The molecule has 0 unspecified atom stereocenters. The third-order valence-electron chi connectivity index (χ3n) is 1.48. The summed E-state index contributed by atoms with van der Waals surface area (Å²) >= 11 is 0. The first-order valence-electron chi connectivity index (χ1n) is 4.22. The van der Waals surface area contributed by atoms with E-state index < -0.39 is 0 Å². The number of para-hydroxylation sites is 2. The first-order valence-corrected chi connectivity index (χ1v) is 4.22. The van der Waals surface area contributed by atoms with E-state index in [4.69, 9.17) is 14.2 Å². The van der Waals surface area contributed by atoms with Crippen molar-refractivity contribution in [3.63, 3.8) is 0 Å². The molecule has 0 amide bonds. The lowest BCUT2D eigenvalue weighted by Crippen LogP contribution is -2.01. The highest BCUT2D eigenvalue weighted by molar-refractivity contribution is 5.39. The topological polar surface area (TPSA) is 27.7 Å². The van der Waals surface area contributed by atoms with Crippen LogP contribution in [0.15, 0.2) is 24.3 Å². The fourth-order valence-electron chi connectivity index (χ4n) is 0.967. The Labute approximate surface area is 78.2 Å². The molecule has 0 fully saturated rings. The summed E-state index contributed by atoms with van der Waals surface area (Å²) in [5, 5.41) is 0. The molecule has 3 heteroatoms. The van der Waals surface area contributed by atoms with Crippen molar-refractivity contribution in [1.29, 1.82) is 0 Å². The van der Waals surface area contributed by atoms with Gasteiger partial charge in [-0.15, -0.1) is 0 Å². The maximum absolute atomic E-state index is 5.35. The Morgan fingerprint density at radius 1 is 1.08 bits per heavy atom. The Hall–Kier alpha value is -1.22.